The SMILES string of the molecule is CCC/C(CCC=C(C)C)=C1/OC1(OC1(c2ccccc2)O/C1=C(/CCC)CCC=C(C)C)c1ccccc1. The molecule has 3 heteroatoms. The van der Waals surface area contributed by atoms with E-state index in [0.29, 0.717) is 0 Å². The maximum absolute atomic E-state index is 7.16. The Bertz CT molecular complexity index is 1130. The number of epoxide rings is 2. The zero-order chi connectivity index (χ0) is 27.9. The number of hydrogen-bond acceptors (Lipinski definition) is 3. The van der Waals surface area contributed by atoms with Crippen molar-refractivity contribution < 1.29 is 14.2 Å². The van der Waals surface area contributed by atoms with Crippen LogP contribution in [0, 0.1) is 0 Å². The average molecular weight is 527 g/mol. The van der Waals surface area contributed by atoms with Gasteiger partial charge in [0.15, 0.2) is 11.5 Å². The Balaban J connectivity index is 1.78. The summed E-state index contributed by atoms with van der Waals surface area (Å²) in [6, 6.07) is 20.8. The molecule has 0 amide bonds. The van der Waals surface area contributed by atoms with Crippen LogP contribution in [0.1, 0.15) is 104 Å². The fourth-order valence-electron chi connectivity index (χ4n) is 5.37. The van der Waals surface area contributed by atoms with Crippen molar-refractivity contribution in [3.05, 3.63) is 118 Å². The topological polar surface area (TPSA) is 34.3 Å². The van der Waals surface area contributed by atoms with Crippen LogP contribution in [-0.2, 0) is 25.8 Å². The molecule has 2 aromatic carbocycles. The van der Waals surface area contributed by atoms with Gasteiger partial charge in [-0.25, -0.2) is 0 Å². The highest BCUT2D eigenvalue weighted by molar-refractivity contribution is 5.44. The van der Waals surface area contributed by atoms with E-state index in [1.54, 1.807) is 0 Å². The number of ether oxygens (including phenoxy) is 3. The van der Waals surface area contributed by atoms with Gasteiger partial charge in [0.05, 0.1) is 0 Å². The van der Waals surface area contributed by atoms with Crippen molar-refractivity contribution >= 4 is 0 Å². The van der Waals surface area contributed by atoms with Gasteiger partial charge in [0.2, 0.25) is 0 Å². The highest BCUT2D eigenvalue weighted by Gasteiger charge is 2.69. The van der Waals surface area contributed by atoms with Gasteiger partial charge in [0.25, 0.3) is 11.6 Å². The van der Waals surface area contributed by atoms with Gasteiger partial charge in [0, 0.05) is 11.1 Å². The van der Waals surface area contributed by atoms with Gasteiger partial charge in [-0.15, -0.1) is 0 Å². The van der Waals surface area contributed by atoms with Crippen molar-refractivity contribution in [2.45, 2.75) is 104 Å². The quantitative estimate of drug-likeness (QED) is 0.181. The minimum Gasteiger partial charge on any atom is -0.448 e. The van der Waals surface area contributed by atoms with Crippen LogP contribution in [0.15, 0.2) is 107 Å². The third-order valence-corrected chi connectivity index (χ3v) is 7.34. The summed E-state index contributed by atoms with van der Waals surface area (Å²) in [5.74, 6) is 0.0470. The number of benzene rings is 2. The lowest BCUT2D eigenvalue weighted by molar-refractivity contribution is -0.157. The van der Waals surface area contributed by atoms with Crippen LogP contribution < -0.4 is 0 Å². The monoisotopic (exact) mass is 526 g/mol. The van der Waals surface area contributed by atoms with E-state index in [1.807, 2.05) is 12.1 Å². The Labute approximate surface area is 236 Å². The molecule has 208 valence electrons. The van der Waals surface area contributed by atoms with Gasteiger partial charge in [-0.05, 0) is 77.4 Å². The summed E-state index contributed by atoms with van der Waals surface area (Å²) in [7, 11) is 0. The minimum atomic E-state index is -0.939. The molecule has 3 nitrogen and oxygen atoms in total. The Kier molecular flexibility index (Phi) is 9.56. The molecule has 2 unspecified atom stereocenters. The Morgan fingerprint density at radius 1 is 0.615 bits per heavy atom. The highest BCUT2D eigenvalue weighted by Crippen LogP contribution is 2.64. The standard InChI is InChI=1S/C36H46O3/c1-7-17-29(21-15-19-27(3)4)33-35(37-33,31-23-11-9-12-24-31)39-36(32-25-13-10-14-26-32)34(38-36)30(18-8-2)22-16-20-28(5)6/h9-14,19-20,23-26H,7-8,15-18,21-22H2,1-6H3/b33-29-,34-30-. The third-order valence-electron chi connectivity index (χ3n) is 7.34. The van der Waals surface area contributed by atoms with Crippen molar-refractivity contribution in [1.82, 2.24) is 0 Å². The molecule has 0 bridgehead atoms. The number of allylic oxidation sites excluding steroid dienone is 6. The molecule has 2 aromatic rings. The fraction of sp³-hybridized carbons (Fsp3) is 0.444. The van der Waals surface area contributed by atoms with Crippen molar-refractivity contribution in [2.75, 3.05) is 0 Å². The molecule has 2 saturated heterocycles. The molecule has 0 aliphatic carbocycles. The second kappa shape index (κ2) is 12.9. The maximum Gasteiger partial charge on any atom is 0.300 e. The predicted molar refractivity (Wildman–Crippen MR) is 161 cm³/mol. The summed E-state index contributed by atoms with van der Waals surface area (Å²) in [6.45, 7) is 13.1. The van der Waals surface area contributed by atoms with E-state index >= 15 is 0 Å². The summed E-state index contributed by atoms with van der Waals surface area (Å²) in [5.41, 5.74) is 7.40. The molecule has 2 aliphatic heterocycles. The molecule has 2 atom stereocenters. The van der Waals surface area contributed by atoms with Gasteiger partial charge in [-0.1, -0.05) is 111 Å². The van der Waals surface area contributed by atoms with E-state index in [4.69, 9.17) is 14.2 Å². The fourth-order valence-corrected chi connectivity index (χ4v) is 5.37. The van der Waals surface area contributed by atoms with E-state index in [-0.39, 0.29) is 0 Å². The summed E-state index contributed by atoms with van der Waals surface area (Å²) in [6.07, 6.45) is 12.7. The Hall–Kier alpha value is -3.04. The van der Waals surface area contributed by atoms with Crippen molar-refractivity contribution in [1.29, 1.82) is 0 Å². The van der Waals surface area contributed by atoms with Gasteiger partial charge in [-0.3, -0.25) is 4.74 Å². The van der Waals surface area contributed by atoms with Crippen LogP contribution in [0.25, 0.3) is 0 Å². The summed E-state index contributed by atoms with van der Waals surface area (Å²) in [5, 5.41) is 0. The lowest BCUT2D eigenvalue weighted by atomic mass is 9.97. The maximum atomic E-state index is 7.16. The van der Waals surface area contributed by atoms with Crippen LogP contribution in [0.3, 0.4) is 0 Å². The van der Waals surface area contributed by atoms with Gasteiger partial charge in [-0.2, -0.15) is 0 Å². The van der Waals surface area contributed by atoms with Crippen LogP contribution in [-0.4, -0.2) is 0 Å². The van der Waals surface area contributed by atoms with Crippen LogP contribution in [0.2, 0.25) is 0 Å². The van der Waals surface area contributed by atoms with Crippen molar-refractivity contribution in [3.8, 4) is 0 Å². The van der Waals surface area contributed by atoms with E-state index in [2.05, 4.69) is 102 Å². The normalized spacial score (nSPS) is 23.7. The van der Waals surface area contributed by atoms with E-state index in [9.17, 15) is 0 Å². The van der Waals surface area contributed by atoms with E-state index < -0.39 is 11.6 Å². The average Bonchev–Trinajstić information content (AvgIpc) is 3.84. The molecular weight excluding hydrogens is 480 g/mol. The molecule has 0 spiro atoms. The van der Waals surface area contributed by atoms with Crippen molar-refractivity contribution in [3.63, 3.8) is 0 Å². The summed E-state index contributed by atoms with van der Waals surface area (Å²) < 4.78 is 20.3. The lowest BCUT2D eigenvalue weighted by Crippen LogP contribution is -2.24. The number of rotatable bonds is 14. The highest BCUT2D eigenvalue weighted by atomic mass is 16.9. The molecule has 0 N–H and O–H groups in total. The second-order valence-corrected chi connectivity index (χ2v) is 11.3. The van der Waals surface area contributed by atoms with Gasteiger partial charge in [0.1, 0.15) is 0 Å². The molecular formula is C36H46O3. The molecule has 0 aromatic heterocycles. The second-order valence-electron chi connectivity index (χ2n) is 11.3. The Morgan fingerprint density at radius 2 is 1.00 bits per heavy atom. The molecule has 0 radical (unpaired) electrons. The smallest absolute Gasteiger partial charge is 0.300 e. The van der Waals surface area contributed by atoms with Gasteiger partial charge < -0.3 is 9.47 Å². The zero-order valence-corrected chi connectivity index (χ0v) is 24.8. The molecule has 4 rings (SSSR count). The molecule has 2 heterocycles. The lowest BCUT2D eigenvalue weighted by Gasteiger charge is -2.18. The first kappa shape index (κ1) is 29.0. The molecule has 2 fully saturated rings. The molecule has 2 aliphatic rings. The first-order valence-electron chi connectivity index (χ1n) is 14.8. The van der Waals surface area contributed by atoms with E-state index in [1.165, 1.54) is 22.3 Å². The third kappa shape index (κ3) is 6.76. The first-order chi connectivity index (χ1) is 18.9. The summed E-state index contributed by atoms with van der Waals surface area (Å²) >= 11 is 0. The van der Waals surface area contributed by atoms with E-state index in [0.717, 1.165) is 74.0 Å². The van der Waals surface area contributed by atoms with Gasteiger partial charge >= 0.3 is 0 Å². The minimum absolute atomic E-state index is 0.939. The summed E-state index contributed by atoms with van der Waals surface area (Å²) in [4.78, 5) is 0. The number of hydrogen-bond donors (Lipinski definition) is 0. The molecule has 39 heavy (non-hydrogen) atoms. The van der Waals surface area contributed by atoms with Crippen molar-refractivity contribution in [2.24, 2.45) is 0 Å². The van der Waals surface area contributed by atoms with Crippen LogP contribution in [0.4, 0.5) is 0 Å². The Morgan fingerprint density at radius 3 is 1.33 bits per heavy atom. The zero-order valence-electron chi connectivity index (χ0n) is 24.8. The van der Waals surface area contributed by atoms with Crippen LogP contribution >= 0.6 is 0 Å². The largest absolute Gasteiger partial charge is 0.448 e. The predicted octanol–water partition coefficient (Wildman–Crippen LogP) is 10.4. The van der Waals surface area contributed by atoms with Crippen LogP contribution in [0.5, 0.6) is 0 Å². The first-order valence-corrected chi connectivity index (χ1v) is 14.8. The molecule has 0 saturated carbocycles.